The van der Waals surface area contributed by atoms with E-state index in [4.69, 9.17) is 4.52 Å². The van der Waals surface area contributed by atoms with Crippen molar-refractivity contribution in [2.24, 2.45) is 11.8 Å². The van der Waals surface area contributed by atoms with Crippen LogP contribution >= 0.6 is 9.03 Å². The summed E-state index contributed by atoms with van der Waals surface area (Å²) < 4.78 is 5.52. The maximum absolute atomic E-state index is 9.21. The summed E-state index contributed by atoms with van der Waals surface area (Å²) in [7, 11) is -0.471. The van der Waals surface area contributed by atoms with Crippen LogP contribution < -0.4 is 4.52 Å². The predicted molar refractivity (Wildman–Crippen MR) is 112 cm³/mol. The van der Waals surface area contributed by atoms with E-state index in [1.807, 2.05) is 6.07 Å². The van der Waals surface area contributed by atoms with Crippen molar-refractivity contribution in [1.82, 2.24) is 0 Å². The third-order valence-electron chi connectivity index (χ3n) is 4.82. The van der Waals surface area contributed by atoms with Crippen LogP contribution in [0.2, 0.25) is 0 Å². The van der Waals surface area contributed by atoms with Gasteiger partial charge < -0.3 is 9.42 Å². The van der Waals surface area contributed by atoms with E-state index in [1.165, 1.54) is 62.5 Å². The zero-order valence-corrected chi connectivity index (χ0v) is 17.8. The van der Waals surface area contributed by atoms with Crippen LogP contribution in [-0.2, 0) is 12.8 Å². The maximum Gasteiger partial charge on any atom is 0.212 e. The minimum Gasteiger partial charge on any atom is -0.450 e. The van der Waals surface area contributed by atoms with E-state index in [0.29, 0.717) is 0 Å². The van der Waals surface area contributed by atoms with Gasteiger partial charge >= 0.3 is 0 Å². The molecular formula is C22H39O2P. The molecule has 0 aromatic heterocycles. The van der Waals surface area contributed by atoms with Crippen molar-refractivity contribution in [2.45, 2.75) is 91.9 Å². The molecule has 1 aromatic carbocycles. The molecule has 0 spiro atoms. The molecule has 1 unspecified atom stereocenters. The van der Waals surface area contributed by atoms with Crippen LogP contribution in [0.25, 0.3) is 0 Å². The van der Waals surface area contributed by atoms with Crippen molar-refractivity contribution >= 4 is 9.03 Å². The molecule has 1 aromatic rings. The van der Waals surface area contributed by atoms with E-state index in [0.717, 1.165) is 30.4 Å². The lowest BCUT2D eigenvalue weighted by molar-refractivity contribution is 0.502. The fraction of sp³-hybridized carbons (Fsp3) is 0.727. The first kappa shape index (κ1) is 22.5. The summed E-state index contributed by atoms with van der Waals surface area (Å²) in [5.74, 6) is 2.50. The lowest BCUT2D eigenvalue weighted by Gasteiger charge is -2.15. The average Bonchev–Trinajstić information content (AvgIpc) is 2.55. The van der Waals surface area contributed by atoms with Crippen LogP contribution in [0.5, 0.6) is 5.75 Å². The smallest absolute Gasteiger partial charge is 0.212 e. The maximum atomic E-state index is 9.21. The van der Waals surface area contributed by atoms with E-state index in [-0.39, 0.29) is 0 Å². The van der Waals surface area contributed by atoms with Gasteiger partial charge in [-0.25, -0.2) is 0 Å². The van der Waals surface area contributed by atoms with Gasteiger partial charge in [0.05, 0.1) is 0 Å². The Kier molecular flexibility index (Phi) is 12.2. The van der Waals surface area contributed by atoms with Crippen molar-refractivity contribution in [3.63, 3.8) is 0 Å². The van der Waals surface area contributed by atoms with Gasteiger partial charge in [-0.1, -0.05) is 78.4 Å². The Morgan fingerprint density at radius 3 is 2.00 bits per heavy atom. The quantitative estimate of drug-likeness (QED) is 0.281. The summed E-state index contributed by atoms with van der Waals surface area (Å²) in [6.45, 7) is 9.19. The molecule has 144 valence electrons. The van der Waals surface area contributed by atoms with Crippen molar-refractivity contribution in [1.29, 1.82) is 0 Å². The van der Waals surface area contributed by atoms with Gasteiger partial charge in [-0.2, -0.15) is 0 Å². The summed E-state index contributed by atoms with van der Waals surface area (Å²) in [4.78, 5) is 9.21. The Bertz CT molecular complexity index is 457. The Morgan fingerprint density at radius 2 is 1.44 bits per heavy atom. The van der Waals surface area contributed by atoms with Crippen molar-refractivity contribution < 1.29 is 9.42 Å². The van der Waals surface area contributed by atoms with E-state index in [1.54, 1.807) is 0 Å². The summed E-state index contributed by atoms with van der Waals surface area (Å²) in [5.41, 5.74) is 2.75. The van der Waals surface area contributed by atoms with Gasteiger partial charge in [0.2, 0.25) is 9.03 Å². The number of aryl methyl sites for hydroxylation is 1. The predicted octanol–water partition coefficient (Wildman–Crippen LogP) is 7.08. The average molecular weight is 367 g/mol. The van der Waals surface area contributed by atoms with Gasteiger partial charge in [-0.05, 0) is 54.7 Å². The fourth-order valence-electron chi connectivity index (χ4n) is 3.35. The topological polar surface area (TPSA) is 29.5 Å². The van der Waals surface area contributed by atoms with Crippen LogP contribution in [0.4, 0.5) is 0 Å². The van der Waals surface area contributed by atoms with Gasteiger partial charge in [-0.15, -0.1) is 0 Å². The molecule has 0 amide bonds. The first-order valence-electron chi connectivity index (χ1n) is 10.2. The van der Waals surface area contributed by atoms with Gasteiger partial charge in [0, 0.05) is 0 Å². The van der Waals surface area contributed by atoms with Crippen LogP contribution in [0.1, 0.15) is 90.2 Å². The molecule has 2 nitrogen and oxygen atoms in total. The monoisotopic (exact) mass is 366 g/mol. The molecule has 0 radical (unpaired) electrons. The van der Waals surface area contributed by atoms with Gasteiger partial charge in [-0.3, -0.25) is 0 Å². The first-order valence-corrected chi connectivity index (χ1v) is 11.1. The lowest BCUT2D eigenvalue weighted by Crippen LogP contribution is -1.99. The van der Waals surface area contributed by atoms with Crippen LogP contribution in [0.15, 0.2) is 18.2 Å². The standard InChI is InChI=1S/C22H39O2P/c1-18(2)12-7-5-9-14-20-15-11-17-22(24-25-23)21(20)16-10-6-8-13-19(3)4/h11,15,17-19,23,25H,5-10,12-14,16H2,1-4H3. The highest BCUT2D eigenvalue weighted by Crippen LogP contribution is 2.29. The molecule has 0 fully saturated rings. The molecular weight excluding hydrogens is 327 g/mol. The molecule has 3 heteroatoms. The van der Waals surface area contributed by atoms with Crippen LogP contribution in [0.3, 0.4) is 0 Å². The molecule has 0 saturated carbocycles. The van der Waals surface area contributed by atoms with E-state index < -0.39 is 9.03 Å². The van der Waals surface area contributed by atoms with E-state index in [9.17, 15) is 4.89 Å². The van der Waals surface area contributed by atoms with Crippen LogP contribution in [-0.4, -0.2) is 4.89 Å². The molecule has 0 bridgehead atoms. The molecule has 25 heavy (non-hydrogen) atoms. The van der Waals surface area contributed by atoms with E-state index in [2.05, 4.69) is 39.8 Å². The highest BCUT2D eigenvalue weighted by molar-refractivity contribution is 7.25. The van der Waals surface area contributed by atoms with Gasteiger partial charge in [0.25, 0.3) is 0 Å². The Balaban J connectivity index is 2.55. The molecule has 1 N–H and O–H groups in total. The highest BCUT2D eigenvalue weighted by atomic mass is 31.1. The van der Waals surface area contributed by atoms with Crippen molar-refractivity contribution in [3.8, 4) is 5.75 Å². The lowest BCUT2D eigenvalue weighted by atomic mass is 9.95. The molecule has 0 aliphatic carbocycles. The first-order chi connectivity index (χ1) is 12.0. The second kappa shape index (κ2) is 13.6. The Labute approximate surface area is 157 Å². The number of benzene rings is 1. The zero-order valence-electron chi connectivity index (χ0n) is 16.8. The summed E-state index contributed by atoms with van der Waals surface area (Å²) >= 11 is 0. The Hall–Kier alpha value is -0.590. The molecule has 1 atom stereocenters. The third kappa shape index (κ3) is 10.2. The fourth-order valence-corrected chi connectivity index (χ4v) is 3.64. The summed E-state index contributed by atoms with van der Waals surface area (Å²) in [6, 6.07) is 6.33. The van der Waals surface area contributed by atoms with Gasteiger partial charge in [0.1, 0.15) is 5.75 Å². The second-order valence-corrected chi connectivity index (χ2v) is 8.46. The summed E-state index contributed by atoms with van der Waals surface area (Å²) in [6.07, 6.45) is 12.5. The molecule has 0 heterocycles. The van der Waals surface area contributed by atoms with E-state index >= 15 is 0 Å². The molecule has 0 saturated heterocycles. The SMILES string of the molecule is CC(C)CCCCCc1cccc(OPO)c1CCCCCC(C)C. The number of hydrogen-bond donors (Lipinski definition) is 1. The van der Waals surface area contributed by atoms with Gasteiger partial charge in [0.15, 0.2) is 0 Å². The van der Waals surface area contributed by atoms with Crippen molar-refractivity contribution in [3.05, 3.63) is 29.3 Å². The minimum absolute atomic E-state index is 0.471. The second-order valence-electron chi connectivity index (χ2n) is 8.07. The van der Waals surface area contributed by atoms with Crippen molar-refractivity contribution in [2.75, 3.05) is 0 Å². The van der Waals surface area contributed by atoms with Crippen LogP contribution in [0, 0.1) is 11.8 Å². The summed E-state index contributed by atoms with van der Waals surface area (Å²) in [5, 5.41) is 0. The third-order valence-corrected chi connectivity index (χ3v) is 5.13. The molecule has 0 aliphatic heterocycles. The highest BCUT2D eigenvalue weighted by Gasteiger charge is 2.10. The minimum atomic E-state index is -0.471. The number of rotatable bonds is 14. The zero-order chi connectivity index (χ0) is 18.5. The number of unbranched alkanes of at least 4 members (excludes halogenated alkanes) is 4. The molecule has 1 rings (SSSR count). The number of hydrogen-bond acceptors (Lipinski definition) is 2. The largest absolute Gasteiger partial charge is 0.450 e. The Morgan fingerprint density at radius 1 is 0.840 bits per heavy atom. The normalized spacial score (nSPS) is 12.0. The molecule has 0 aliphatic rings.